The standard InChI is InChI=1S/C29H20FN3O3S/c30-23-15-11-21(12-16-23)26-27(22-13-17-24(18-14-22)33(35)36)37-29(31-26)32-28(34)25(19-7-3-1-4-8-19)20-9-5-2-6-10-20/h1-18,25H,(H,31,32,34). The minimum Gasteiger partial charge on any atom is -0.301 e. The van der Waals surface area contributed by atoms with Crippen LogP contribution in [0, 0.1) is 15.9 Å². The molecule has 0 unspecified atom stereocenters. The van der Waals surface area contributed by atoms with E-state index in [1.54, 1.807) is 24.3 Å². The van der Waals surface area contributed by atoms with E-state index >= 15 is 0 Å². The molecule has 5 aromatic rings. The van der Waals surface area contributed by atoms with Gasteiger partial charge in [0.2, 0.25) is 5.91 Å². The van der Waals surface area contributed by atoms with Gasteiger partial charge in [-0.3, -0.25) is 14.9 Å². The van der Waals surface area contributed by atoms with Gasteiger partial charge >= 0.3 is 0 Å². The number of rotatable bonds is 7. The number of anilines is 1. The number of hydrogen-bond donors (Lipinski definition) is 1. The first-order valence-electron chi connectivity index (χ1n) is 11.4. The minimum atomic E-state index is -0.552. The minimum absolute atomic E-state index is 0.0290. The molecular formula is C29H20FN3O3S. The van der Waals surface area contributed by atoms with E-state index in [0.29, 0.717) is 26.8 Å². The monoisotopic (exact) mass is 509 g/mol. The number of aromatic nitrogens is 1. The largest absolute Gasteiger partial charge is 0.301 e. The van der Waals surface area contributed by atoms with E-state index in [1.165, 1.54) is 35.6 Å². The third-order valence-corrected chi connectivity index (χ3v) is 6.86. The summed E-state index contributed by atoms with van der Waals surface area (Å²) in [6.07, 6.45) is 0. The summed E-state index contributed by atoms with van der Waals surface area (Å²) in [6.45, 7) is 0. The third-order valence-electron chi connectivity index (χ3n) is 5.84. The summed E-state index contributed by atoms with van der Waals surface area (Å²) in [4.78, 5) is 29.6. The number of carbonyl (C=O) groups is 1. The van der Waals surface area contributed by atoms with Crippen molar-refractivity contribution in [3.8, 4) is 21.7 Å². The van der Waals surface area contributed by atoms with Crippen LogP contribution in [0.1, 0.15) is 17.0 Å². The molecule has 0 aliphatic carbocycles. The lowest BCUT2D eigenvalue weighted by Crippen LogP contribution is -2.22. The maximum Gasteiger partial charge on any atom is 0.269 e. The molecule has 0 saturated heterocycles. The summed E-state index contributed by atoms with van der Waals surface area (Å²) >= 11 is 1.26. The molecule has 0 radical (unpaired) electrons. The lowest BCUT2D eigenvalue weighted by molar-refractivity contribution is -0.384. The van der Waals surface area contributed by atoms with Crippen molar-refractivity contribution in [2.24, 2.45) is 0 Å². The fraction of sp³-hybridized carbons (Fsp3) is 0.0345. The predicted molar refractivity (Wildman–Crippen MR) is 143 cm³/mol. The number of nitrogens with one attached hydrogen (secondary N) is 1. The zero-order valence-corrected chi connectivity index (χ0v) is 20.2. The number of thiazole rings is 1. The Kier molecular flexibility index (Phi) is 6.83. The molecule has 182 valence electrons. The van der Waals surface area contributed by atoms with Gasteiger partial charge in [0.25, 0.3) is 5.69 Å². The molecule has 1 aromatic heterocycles. The average Bonchev–Trinajstić information content (AvgIpc) is 3.34. The maximum atomic E-state index is 13.6. The van der Waals surface area contributed by atoms with Crippen LogP contribution < -0.4 is 5.32 Å². The van der Waals surface area contributed by atoms with Crippen molar-refractivity contribution in [3.63, 3.8) is 0 Å². The molecule has 37 heavy (non-hydrogen) atoms. The van der Waals surface area contributed by atoms with Crippen LogP contribution in [0.4, 0.5) is 15.2 Å². The second-order valence-corrected chi connectivity index (χ2v) is 9.25. The molecule has 0 fully saturated rings. The van der Waals surface area contributed by atoms with E-state index in [2.05, 4.69) is 10.3 Å². The molecule has 1 amide bonds. The highest BCUT2D eigenvalue weighted by atomic mass is 32.1. The molecule has 4 aromatic carbocycles. The molecule has 1 heterocycles. The lowest BCUT2D eigenvalue weighted by atomic mass is 9.90. The summed E-state index contributed by atoms with van der Waals surface area (Å²) in [6, 6.07) is 31.0. The molecule has 5 rings (SSSR count). The molecular weight excluding hydrogens is 489 g/mol. The number of non-ortho nitro benzene ring substituents is 1. The molecule has 0 spiro atoms. The Hall–Kier alpha value is -4.69. The topological polar surface area (TPSA) is 85.1 Å². The van der Waals surface area contributed by atoms with Crippen molar-refractivity contribution in [1.82, 2.24) is 4.98 Å². The van der Waals surface area contributed by atoms with Gasteiger partial charge in [0.15, 0.2) is 5.13 Å². The summed E-state index contributed by atoms with van der Waals surface area (Å²) in [5.74, 6) is -1.17. The second-order valence-electron chi connectivity index (χ2n) is 8.25. The van der Waals surface area contributed by atoms with E-state index in [-0.39, 0.29) is 17.4 Å². The molecule has 1 N–H and O–H groups in total. The molecule has 6 nitrogen and oxygen atoms in total. The van der Waals surface area contributed by atoms with Gasteiger partial charge in [-0.1, -0.05) is 72.0 Å². The zero-order chi connectivity index (χ0) is 25.8. The summed E-state index contributed by atoms with van der Waals surface area (Å²) in [5, 5.41) is 14.4. The van der Waals surface area contributed by atoms with E-state index in [1.807, 2.05) is 60.7 Å². The highest BCUT2D eigenvalue weighted by Gasteiger charge is 2.25. The Bertz CT molecular complexity index is 1500. The Morgan fingerprint density at radius 2 is 1.35 bits per heavy atom. The van der Waals surface area contributed by atoms with Gasteiger partial charge in [-0.15, -0.1) is 0 Å². The van der Waals surface area contributed by atoms with Crippen LogP contribution in [0.25, 0.3) is 21.7 Å². The fourth-order valence-electron chi connectivity index (χ4n) is 4.07. The highest BCUT2D eigenvalue weighted by molar-refractivity contribution is 7.19. The van der Waals surface area contributed by atoms with Crippen molar-refractivity contribution in [2.75, 3.05) is 5.32 Å². The van der Waals surface area contributed by atoms with E-state index < -0.39 is 10.8 Å². The second kappa shape index (κ2) is 10.5. The van der Waals surface area contributed by atoms with Crippen LogP contribution in [0.15, 0.2) is 109 Å². The molecule has 0 bridgehead atoms. The van der Waals surface area contributed by atoms with Gasteiger partial charge in [0.1, 0.15) is 5.82 Å². The summed E-state index contributed by atoms with van der Waals surface area (Å²) in [5.41, 5.74) is 3.57. The van der Waals surface area contributed by atoms with E-state index in [0.717, 1.165) is 11.1 Å². The number of hydrogen-bond acceptors (Lipinski definition) is 5. The van der Waals surface area contributed by atoms with Gasteiger partial charge in [-0.05, 0) is 53.1 Å². The Balaban J connectivity index is 1.54. The van der Waals surface area contributed by atoms with Gasteiger partial charge in [-0.2, -0.15) is 0 Å². The summed E-state index contributed by atoms with van der Waals surface area (Å²) in [7, 11) is 0. The van der Waals surface area contributed by atoms with Crippen molar-refractivity contribution in [1.29, 1.82) is 0 Å². The normalized spacial score (nSPS) is 10.9. The van der Waals surface area contributed by atoms with Crippen LogP contribution in [-0.2, 0) is 4.79 Å². The van der Waals surface area contributed by atoms with Crippen LogP contribution in [0.2, 0.25) is 0 Å². The number of nitro groups is 1. The molecule has 0 aliphatic rings. The Morgan fingerprint density at radius 3 is 1.89 bits per heavy atom. The number of nitrogens with zero attached hydrogens (tertiary/aromatic N) is 2. The first-order chi connectivity index (χ1) is 18.0. The first kappa shape index (κ1) is 24.0. The zero-order valence-electron chi connectivity index (χ0n) is 19.4. The summed E-state index contributed by atoms with van der Waals surface area (Å²) < 4.78 is 13.6. The fourth-order valence-corrected chi connectivity index (χ4v) is 5.07. The number of carbonyl (C=O) groups excluding carboxylic acids is 1. The van der Waals surface area contributed by atoms with Gasteiger partial charge in [0, 0.05) is 17.7 Å². The Labute approximate surface area is 216 Å². The highest BCUT2D eigenvalue weighted by Crippen LogP contribution is 2.40. The van der Waals surface area contributed by atoms with Crippen LogP contribution in [0.5, 0.6) is 0 Å². The SMILES string of the molecule is O=C(Nc1nc(-c2ccc(F)cc2)c(-c2ccc([N+](=O)[O-])cc2)s1)C(c1ccccc1)c1ccccc1. The van der Waals surface area contributed by atoms with Crippen molar-refractivity contribution >= 4 is 28.1 Å². The number of halogens is 1. The smallest absolute Gasteiger partial charge is 0.269 e. The molecule has 8 heteroatoms. The van der Waals surface area contributed by atoms with Crippen molar-refractivity contribution in [3.05, 3.63) is 136 Å². The molecule has 0 saturated carbocycles. The van der Waals surface area contributed by atoms with Crippen molar-refractivity contribution < 1.29 is 14.1 Å². The predicted octanol–water partition coefficient (Wildman–Crippen LogP) is 7.30. The van der Waals surface area contributed by atoms with Crippen LogP contribution in [-0.4, -0.2) is 15.8 Å². The van der Waals surface area contributed by atoms with Gasteiger partial charge in [0.05, 0.1) is 21.4 Å². The number of nitro benzene ring substituents is 1. The average molecular weight is 510 g/mol. The van der Waals surface area contributed by atoms with E-state index in [4.69, 9.17) is 0 Å². The number of amides is 1. The quantitative estimate of drug-likeness (QED) is 0.184. The van der Waals surface area contributed by atoms with Crippen LogP contribution >= 0.6 is 11.3 Å². The number of benzene rings is 4. The molecule has 0 aliphatic heterocycles. The van der Waals surface area contributed by atoms with E-state index in [9.17, 15) is 19.3 Å². The maximum absolute atomic E-state index is 13.6. The first-order valence-corrected chi connectivity index (χ1v) is 12.2. The van der Waals surface area contributed by atoms with Crippen LogP contribution in [0.3, 0.4) is 0 Å². The van der Waals surface area contributed by atoms with Gasteiger partial charge in [-0.25, -0.2) is 9.37 Å². The molecule has 0 atom stereocenters. The Morgan fingerprint density at radius 1 is 0.811 bits per heavy atom. The third kappa shape index (κ3) is 5.29. The van der Waals surface area contributed by atoms with Gasteiger partial charge < -0.3 is 5.32 Å². The lowest BCUT2D eigenvalue weighted by Gasteiger charge is -2.17. The van der Waals surface area contributed by atoms with Crippen molar-refractivity contribution in [2.45, 2.75) is 5.92 Å².